The molecule has 2 heteroatoms. The number of rotatable bonds is 4. The molecule has 1 aliphatic carbocycles. The molecule has 122 valence electrons. The molecule has 1 aliphatic rings. The Bertz CT molecular complexity index is 769. The van der Waals surface area contributed by atoms with Crippen molar-refractivity contribution in [2.75, 3.05) is 0 Å². The van der Waals surface area contributed by atoms with Crippen LogP contribution in [0.1, 0.15) is 31.4 Å². The van der Waals surface area contributed by atoms with E-state index in [1.807, 2.05) is 26.0 Å². The molecule has 0 aliphatic heterocycles. The molecule has 1 aromatic carbocycles. The molecule has 2 nitrogen and oxygen atoms in total. The minimum absolute atomic E-state index is 0.0902. The molecule has 24 heavy (non-hydrogen) atoms. The first-order valence-corrected chi connectivity index (χ1v) is 8.59. The van der Waals surface area contributed by atoms with Gasteiger partial charge >= 0.3 is 0 Å². The number of allylic oxidation sites excluding steroid dienone is 4. The van der Waals surface area contributed by atoms with Crippen LogP contribution in [0.15, 0.2) is 78.2 Å². The zero-order valence-corrected chi connectivity index (χ0v) is 14.4. The summed E-state index contributed by atoms with van der Waals surface area (Å²) >= 11 is 0. The Kier molecular flexibility index (Phi) is 5.05. The molecule has 0 amide bonds. The average molecular weight is 318 g/mol. The quantitative estimate of drug-likeness (QED) is 0.615. The zero-order chi connectivity index (χ0) is 16.9. The molecule has 0 N–H and O–H groups in total. The summed E-state index contributed by atoms with van der Waals surface area (Å²) in [5, 5.41) is 0. The average Bonchev–Trinajstić information content (AvgIpc) is 2.92. The summed E-state index contributed by atoms with van der Waals surface area (Å²) in [7, 11) is 0. The monoisotopic (exact) mass is 318 g/mol. The van der Waals surface area contributed by atoms with Crippen molar-refractivity contribution < 1.29 is 9.36 Å². The summed E-state index contributed by atoms with van der Waals surface area (Å²) in [6.07, 6.45) is 9.93. The van der Waals surface area contributed by atoms with E-state index in [1.165, 1.54) is 16.7 Å². The Morgan fingerprint density at radius 3 is 2.29 bits per heavy atom. The summed E-state index contributed by atoms with van der Waals surface area (Å²) in [4.78, 5) is 12.5. The number of nitrogens with zero attached hydrogens (tertiary/aromatic N) is 1. The van der Waals surface area contributed by atoms with Gasteiger partial charge in [-0.3, -0.25) is 4.79 Å². The molecule has 1 saturated carbocycles. The third kappa shape index (κ3) is 3.53. The molecule has 1 unspecified atom stereocenters. The SMILES string of the molecule is C/C=C1/CC(Cc2cc[n+](Cc3ccccc3)cc2)C(=O)/C1=C/C. The molecular formula is C22H24NO+. The summed E-state index contributed by atoms with van der Waals surface area (Å²) < 4.78 is 2.17. The van der Waals surface area contributed by atoms with Crippen molar-refractivity contribution in [1.82, 2.24) is 0 Å². The number of hydrogen-bond acceptors (Lipinski definition) is 1. The summed E-state index contributed by atoms with van der Waals surface area (Å²) in [5.74, 6) is 0.388. The van der Waals surface area contributed by atoms with Crippen LogP contribution in [0.25, 0.3) is 0 Å². The molecular weight excluding hydrogens is 294 g/mol. The maximum absolute atomic E-state index is 12.5. The third-order valence-corrected chi connectivity index (χ3v) is 4.74. The lowest BCUT2D eigenvalue weighted by atomic mass is 9.97. The molecule has 0 saturated heterocycles. The van der Waals surface area contributed by atoms with Gasteiger partial charge < -0.3 is 0 Å². The van der Waals surface area contributed by atoms with Crippen LogP contribution in [-0.4, -0.2) is 5.78 Å². The fourth-order valence-corrected chi connectivity index (χ4v) is 3.42. The van der Waals surface area contributed by atoms with Crippen molar-refractivity contribution >= 4 is 5.78 Å². The first kappa shape index (κ1) is 16.4. The Morgan fingerprint density at radius 1 is 1.00 bits per heavy atom. The number of hydrogen-bond donors (Lipinski definition) is 0. The molecule has 1 atom stereocenters. The van der Waals surface area contributed by atoms with E-state index < -0.39 is 0 Å². The molecule has 0 radical (unpaired) electrons. The highest BCUT2D eigenvalue weighted by atomic mass is 16.1. The second kappa shape index (κ2) is 7.39. The van der Waals surface area contributed by atoms with Crippen LogP contribution in [0, 0.1) is 5.92 Å². The van der Waals surface area contributed by atoms with Crippen LogP contribution in [0.3, 0.4) is 0 Å². The van der Waals surface area contributed by atoms with Crippen LogP contribution in [0.4, 0.5) is 0 Å². The van der Waals surface area contributed by atoms with Gasteiger partial charge in [0.25, 0.3) is 0 Å². The summed E-state index contributed by atoms with van der Waals surface area (Å²) in [6.45, 7) is 4.84. The van der Waals surface area contributed by atoms with Crippen molar-refractivity contribution in [2.45, 2.75) is 33.2 Å². The van der Waals surface area contributed by atoms with Crippen molar-refractivity contribution in [2.24, 2.45) is 5.92 Å². The van der Waals surface area contributed by atoms with Gasteiger partial charge in [0.05, 0.1) is 0 Å². The van der Waals surface area contributed by atoms with E-state index in [2.05, 4.69) is 59.4 Å². The van der Waals surface area contributed by atoms with E-state index >= 15 is 0 Å². The van der Waals surface area contributed by atoms with Crippen LogP contribution < -0.4 is 4.57 Å². The number of carbonyl (C=O) groups excluding carboxylic acids is 1. The van der Waals surface area contributed by atoms with Gasteiger partial charge in [0.1, 0.15) is 0 Å². The fourth-order valence-electron chi connectivity index (χ4n) is 3.42. The van der Waals surface area contributed by atoms with Crippen molar-refractivity contribution in [3.63, 3.8) is 0 Å². The summed E-state index contributed by atoms with van der Waals surface area (Å²) in [5.41, 5.74) is 4.63. The number of Topliss-reactive ketones (excluding diaryl/α,β-unsaturated/α-hetero) is 1. The van der Waals surface area contributed by atoms with Crippen LogP contribution in [0.2, 0.25) is 0 Å². The number of carbonyl (C=O) groups is 1. The Labute approximate surface area is 144 Å². The highest BCUT2D eigenvalue weighted by Crippen LogP contribution is 2.34. The molecule has 1 fully saturated rings. The minimum Gasteiger partial charge on any atom is -0.294 e. The number of ketones is 1. The van der Waals surface area contributed by atoms with Crippen LogP contribution in [-0.2, 0) is 17.8 Å². The fraction of sp³-hybridized carbons (Fsp3) is 0.273. The molecule has 0 bridgehead atoms. The van der Waals surface area contributed by atoms with Crippen molar-refractivity contribution in [3.05, 3.63) is 89.3 Å². The Morgan fingerprint density at radius 2 is 1.71 bits per heavy atom. The number of pyridine rings is 1. The van der Waals surface area contributed by atoms with E-state index in [4.69, 9.17) is 0 Å². The van der Waals surface area contributed by atoms with E-state index in [1.54, 1.807) is 0 Å². The van der Waals surface area contributed by atoms with E-state index in [0.717, 1.165) is 25.0 Å². The maximum Gasteiger partial charge on any atom is 0.173 e. The van der Waals surface area contributed by atoms with Crippen molar-refractivity contribution in [3.8, 4) is 0 Å². The molecule has 3 rings (SSSR count). The number of aromatic nitrogens is 1. The molecule has 1 heterocycles. The molecule has 2 aromatic rings. The lowest BCUT2D eigenvalue weighted by Gasteiger charge is -2.06. The lowest BCUT2D eigenvalue weighted by Crippen LogP contribution is -2.33. The minimum atomic E-state index is 0.0902. The third-order valence-electron chi connectivity index (χ3n) is 4.74. The molecule has 1 aromatic heterocycles. The normalized spacial score (nSPS) is 20.9. The van der Waals surface area contributed by atoms with Crippen LogP contribution >= 0.6 is 0 Å². The highest BCUT2D eigenvalue weighted by molar-refractivity contribution is 6.04. The van der Waals surface area contributed by atoms with E-state index in [0.29, 0.717) is 5.78 Å². The van der Waals surface area contributed by atoms with Gasteiger partial charge in [-0.25, -0.2) is 4.57 Å². The standard InChI is InChI=1S/C22H24NO/c1-3-19-15-20(22(24)21(19)4-2)14-17-10-12-23(13-11-17)16-18-8-6-5-7-9-18/h3-13,20H,14-16H2,1-2H3/q+1/b19-3-,21-4+. The van der Waals surface area contributed by atoms with Gasteiger partial charge in [-0.1, -0.05) is 42.5 Å². The van der Waals surface area contributed by atoms with Crippen molar-refractivity contribution in [1.29, 1.82) is 0 Å². The first-order valence-electron chi connectivity index (χ1n) is 8.59. The lowest BCUT2D eigenvalue weighted by molar-refractivity contribution is -0.688. The van der Waals surface area contributed by atoms with Gasteiger partial charge in [-0.15, -0.1) is 0 Å². The predicted octanol–water partition coefficient (Wildman–Crippen LogP) is 4.05. The van der Waals surface area contributed by atoms with E-state index in [9.17, 15) is 4.79 Å². The van der Waals surface area contributed by atoms with E-state index in [-0.39, 0.29) is 5.92 Å². The van der Waals surface area contributed by atoms with Gasteiger partial charge in [0.15, 0.2) is 24.7 Å². The largest absolute Gasteiger partial charge is 0.294 e. The van der Waals surface area contributed by atoms with Gasteiger partial charge in [0.2, 0.25) is 0 Å². The van der Waals surface area contributed by atoms with Gasteiger partial charge in [-0.2, -0.15) is 0 Å². The number of benzene rings is 1. The maximum atomic E-state index is 12.5. The second-order valence-electron chi connectivity index (χ2n) is 6.35. The summed E-state index contributed by atoms with van der Waals surface area (Å²) in [6, 6.07) is 14.7. The van der Waals surface area contributed by atoms with Gasteiger partial charge in [0, 0.05) is 29.2 Å². The highest BCUT2D eigenvalue weighted by Gasteiger charge is 2.32. The smallest absolute Gasteiger partial charge is 0.173 e. The molecule has 0 spiro atoms. The predicted molar refractivity (Wildman–Crippen MR) is 96.5 cm³/mol. The topological polar surface area (TPSA) is 20.9 Å². The Balaban J connectivity index is 1.68. The van der Waals surface area contributed by atoms with Gasteiger partial charge in [-0.05, 0) is 37.8 Å². The Hall–Kier alpha value is -2.48. The zero-order valence-electron chi connectivity index (χ0n) is 14.4. The second-order valence-corrected chi connectivity index (χ2v) is 6.35. The van der Waals surface area contributed by atoms with Crippen LogP contribution in [0.5, 0.6) is 0 Å². The first-order chi connectivity index (χ1) is 11.7.